The quantitative estimate of drug-likeness (QED) is 0.809. The molecule has 1 aromatic rings. The minimum atomic E-state index is 0.323. The number of benzene rings is 1. The van der Waals surface area contributed by atoms with E-state index in [1.54, 1.807) is 0 Å². The van der Waals surface area contributed by atoms with Gasteiger partial charge in [0.05, 0.1) is 10.0 Å². The fourth-order valence-corrected chi connectivity index (χ4v) is 2.88. The summed E-state index contributed by atoms with van der Waals surface area (Å²) in [4.78, 5) is 0. The van der Waals surface area contributed by atoms with Crippen LogP contribution < -0.4 is 5.32 Å². The summed E-state index contributed by atoms with van der Waals surface area (Å²) in [7, 11) is 1.98. The number of hydrogen-bond acceptors (Lipinski definition) is 2. The van der Waals surface area contributed by atoms with Gasteiger partial charge in [0.15, 0.2) is 0 Å². The van der Waals surface area contributed by atoms with Gasteiger partial charge in [-0.25, -0.2) is 0 Å². The summed E-state index contributed by atoms with van der Waals surface area (Å²) in [5.74, 6) is 1.05. The fraction of sp³-hybridized carbons (Fsp3) is 0.538. The maximum Gasteiger partial charge on any atom is 0.0595 e. The molecule has 1 rings (SSSR count). The van der Waals surface area contributed by atoms with Gasteiger partial charge in [-0.1, -0.05) is 43.1 Å². The molecule has 1 nitrogen and oxygen atoms in total. The lowest BCUT2D eigenvalue weighted by Gasteiger charge is -2.19. The zero-order valence-electron chi connectivity index (χ0n) is 10.5. The van der Waals surface area contributed by atoms with Gasteiger partial charge in [0.25, 0.3) is 0 Å². The van der Waals surface area contributed by atoms with Crippen molar-refractivity contribution in [3.05, 3.63) is 33.8 Å². The third kappa shape index (κ3) is 4.70. The Balaban J connectivity index is 2.69. The molecular formula is C13H19Cl2NS. The molecule has 0 aliphatic carbocycles. The Morgan fingerprint density at radius 2 is 2.00 bits per heavy atom. The van der Waals surface area contributed by atoms with E-state index in [4.69, 9.17) is 23.2 Å². The van der Waals surface area contributed by atoms with Crippen LogP contribution >= 0.6 is 35.0 Å². The molecular weight excluding hydrogens is 273 g/mol. The van der Waals surface area contributed by atoms with Crippen LogP contribution in [0, 0.1) is 0 Å². The summed E-state index contributed by atoms with van der Waals surface area (Å²) in [6.07, 6.45) is 1.20. The maximum atomic E-state index is 6.04. The zero-order valence-corrected chi connectivity index (χ0v) is 12.8. The fourth-order valence-electron chi connectivity index (χ4n) is 1.45. The molecule has 0 fully saturated rings. The van der Waals surface area contributed by atoms with Crippen molar-refractivity contribution in [1.29, 1.82) is 0 Å². The smallest absolute Gasteiger partial charge is 0.0595 e. The van der Waals surface area contributed by atoms with E-state index < -0.39 is 0 Å². The van der Waals surface area contributed by atoms with Crippen LogP contribution in [0.5, 0.6) is 0 Å². The Morgan fingerprint density at radius 3 is 2.53 bits per heavy atom. The Morgan fingerprint density at radius 1 is 1.29 bits per heavy atom. The molecule has 17 heavy (non-hydrogen) atoms. The number of thioether (sulfide) groups is 1. The maximum absolute atomic E-state index is 6.04. The van der Waals surface area contributed by atoms with Crippen molar-refractivity contribution in [3.8, 4) is 0 Å². The van der Waals surface area contributed by atoms with E-state index >= 15 is 0 Å². The SMILES string of the molecule is CCC(C)SCC(NC)c1ccc(Cl)c(Cl)c1. The van der Waals surface area contributed by atoms with Gasteiger partial charge in [-0.05, 0) is 31.2 Å². The zero-order chi connectivity index (χ0) is 12.8. The summed E-state index contributed by atoms with van der Waals surface area (Å²) < 4.78 is 0. The molecule has 0 bridgehead atoms. The molecule has 2 unspecified atom stereocenters. The summed E-state index contributed by atoms with van der Waals surface area (Å²) in [5, 5.41) is 5.24. The topological polar surface area (TPSA) is 12.0 Å². The van der Waals surface area contributed by atoms with Crippen molar-refractivity contribution in [1.82, 2.24) is 5.32 Å². The second kappa shape index (κ2) is 7.52. The lowest BCUT2D eigenvalue weighted by atomic mass is 10.1. The van der Waals surface area contributed by atoms with E-state index in [9.17, 15) is 0 Å². The van der Waals surface area contributed by atoms with E-state index in [0.29, 0.717) is 21.3 Å². The van der Waals surface area contributed by atoms with Crippen LogP contribution in [0.2, 0.25) is 10.0 Å². The summed E-state index contributed by atoms with van der Waals surface area (Å²) in [6.45, 7) is 4.47. The highest BCUT2D eigenvalue weighted by molar-refractivity contribution is 7.99. The third-order valence-corrected chi connectivity index (χ3v) is 4.98. The number of nitrogens with one attached hydrogen (secondary N) is 1. The molecule has 0 aliphatic heterocycles. The van der Waals surface area contributed by atoms with Gasteiger partial charge in [0.1, 0.15) is 0 Å². The van der Waals surface area contributed by atoms with E-state index in [0.717, 1.165) is 5.75 Å². The van der Waals surface area contributed by atoms with Crippen molar-refractivity contribution >= 4 is 35.0 Å². The summed E-state index contributed by atoms with van der Waals surface area (Å²) in [5.41, 5.74) is 1.19. The molecule has 2 atom stereocenters. The highest BCUT2D eigenvalue weighted by atomic mass is 35.5. The average Bonchev–Trinajstić information content (AvgIpc) is 2.33. The Bertz CT molecular complexity index is 357. The van der Waals surface area contributed by atoms with Crippen LogP contribution in [-0.2, 0) is 0 Å². The van der Waals surface area contributed by atoms with Crippen LogP contribution in [-0.4, -0.2) is 18.1 Å². The molecule has 0 aliphatic rings. The van der Waals surface area contributed by atoms with Crippen molar-refractivity contribution < 1.29 is 0 Å². The van der Waals surface area contributed by atoms with Gasteiger partial charge in [-0.15, -0.1) is 0 Å². The van der Waals surface area contributed by atoms with Crippen molar-refractivity contribution in [2.24, 2.45) is 0 Å². The van der Waals surface area contributed by atoms with Crippen LogP contribution in [0.15, 0.2) is 18.2 Å². The van der Waals surface area contributed by atoms with Crippen molar-refractivity contribution in [2.75, 3.05) is 12.8 Å². The van der Waals surface area contributed by atoms with Gasteiger partial charge < -0.3 is 5.32 Å². The molecule has 0 heterocycles. The molecule has 0 amide bonds. The Labute approximate surface area is 118 Å². The summed E-state index contributed by atoms with van der Waals surface area (Å²) in [6, 6.07) is 6.16. The lowest BCUT2D eigenvalue weighted by Crippen LogP contribution is -2.19. The van der Waals surface area contributed by atoms with Gasteiger partial charge in [-0.2, -0.15) is 11.8 Å². The predicted molar refractivity (Wildman–Crippen MR) is 80.5 cm³/mol. The lowest BCUT2D eigenvalue weighted by molar-refractivity contribution is 0.660. The second-order valence-electron chi connectivity index (χ2n) is 4.07. The first-order chi connectivity index (χ1) is 8.08. The predicted octanol–water partition coefficient (Wildman–Crippen LogP) is 4.79. The monoisotopic (exact) mass is 291 g/mol. The highest BCUT2D eigenvalue weighted by Gasteiger charge is 2.12. The number of rotatable bonds is 6. The van der Waals surface area contributed by atoms with Crippen LogP contribution in [0.1, 0.15) is 31.9 Å². The first-order valence-electron chi connectivity index (χ1n) is 5.82. The number of hydrogen-bond donors (Lipinski definition) is 1. The molecule has 0 saturated heterocycles. The molecule has 0 aromatic heterocycles. The minimum Gasteiger partial charge on any atom is -0.312 e. The van der Waals surface area contributed by atoms with E-state index in [2.05, 4.69) is 19.2 Å². The van der Waals surface area contributed by atoms with Crippen molar-refractivity contribution in [3.63, 3.8) is 0 Å². The van der Waals surface area contributed by atoms with Crippen LogP contribution in [0.4, 0.5) is 0 Å². The van der Waals surface area contributed by atoms with Gasteiger partial charge in [-0.3, -0.25) is 0 Å². The molecule has 0 saturated carbocycles. The average molecular weight is 292 g/mol. The highest BCUT2D eigenvalue weighted by Crippen LogP contribution is 2.28. The van der Waals surface area contributed by atoms with E-state index in [1.807, 2.05) is 37.0 Å². The molecule has 0 radical (unpaired) electrons. The molecule has 96 valence electrons. The molecule has 1 aromatic carbocycles. The van der Waals surface area contributed by atoms with Gasteiger partial charge in [0.2, 0.25) is 0 Å². The van der Waals surface area contributed by atoms with Crippen molar-refractivity contribution in [2.45, 2.75) is 31.6 Å². The Kier molecular flexibility index (Phi) is 6.71. The normalized spacial score (nSPS) is 14.6. The molecule has 0 spiro atoms. The molecule has 4 heteroatoms. The minimum absolute atomic E-state index is 0.323. The van der Waals surface area contributed by atoms with E-state index in [1.165, 1.54) is 12.0 Å². The van der Waals surface area contributed by atoms with Gasteiger partial charge >= 0.3 is 0 Å². The van der Waals surface area contributed by atoms with Crippen LogP contribution in [0.3, 0.4) is 0 Å². The second-order valence-corrected chi connectivity index (χ2v) is 6.35. The first kappa shape index (κ1) is 15.2. The van der Waals surface area contributed by atoms with Crippen LogP contribution in [0.25, 0.3) is 0 Å². The molecule has 1 N–H and O–H groups in total. The third-order valence-electron chi connectivity index (χ3n) is 2.82. The number of halogens is 2. The van der Waals surface area contributed by atoms with Gasteiger partial charge in [0, 0.05) is 17.0 Å². The largest absolute Gasteiger partial charge is 0.312 e. The first-order valence-corrected chi connectivity index (χ1v) is 7.62. The van der Waals surface area contributed by atoms with E-state index in [-0.39, 0.29) is 0 Å². The Hall–Kier alpha value is 0.110. The summed E-state index contributed by atoms with van der Waals surface area (Å²) >= 11 is 13.9. The standard InChI is InChI=1S/C13H19Cl2NS/c1-4-9(2)17-8-13(16-3)10-5-6-11(14)12(15)7-10/h5-7,9,13,16H,4,8H2,1-3H3.